The highest BCUT2D eigenvalue weighted by Gasteiger charge is 2.40. The van der Waals surface area contributed by atoms with E-state index in [0.717, 1.165) is 5.92 Å². The van der Waals surface area contributed by atoms with Gasteiger partial charge in [0.05, 0.1) is 0 Å². The van der Waals surface area contributed by atoms with E-state index in [1.54, 1.807) is 0 Å². The first kappa shape index (κ1) is 22.2. The lowest BCUT2D eigenvalue weighted by Gasteiger charge is -2.52. The highest BCUT2D eigenvalue weighted by molar-refractivity contribution is 4.96. The molecule has 2 aliphatic heterocycles. The third kappa shape index (κ3) is 5.45. The molecule has 2 saturated heterocycles. The molecule has 0 bridgehead atoms. The summed E-state index contributed by atoms with van der Waals surface area (Å²) in [5.41, 5.74) is 1.01. The van der Waals surface area contributed by atoms with Crippen LogP contribution in [0.1, 0.15) is 81.6 Å². The van der Waals surface area contributed by atoms with Gasteiger partial charge in [0.1, 0.15) is 0 Å². The maximum atomic E-state index is 2.78. The van der Waals surface area contributed by atoms with Gasteiger partial charge in [0, 0.05) is 43.3 Å². The van der Waals surface area contributed by atoms with Crippen LogP contribution in [0.5, 0.6) is 0 Å². The van der Waals surface area contributed by atoms with Crippen LogP contribution in [-0.2, 0) is 0 Å². The van der Waals surface area contributed by atoms with Gasteiger partial charge in [-0.2, -0.15) is 0 Å². The van der Waals surface area contributed by atoms with E-state index in [4.69, 9.17) is 0 Å². The van der Waals surface area contributed by atoms with E-state index >= 15 is 0 Å². The summed E-state index contributed by atoms with van der Waals surface area (Å²) in [6, 6.07) is 0.681. The lowest BCUT2D eigenvalue weighted by Crippen LogP contribution is -2.60. The third-order valence-corrected chi connectivity index (χ3v) is 7.34. The van der Waals surface area contributed by atoms with Crippen molar-refractivity contribution in [1.82, 2.24) is 14.7 Å². The van der Waals surface area contributed by atoms with Gasteiger partial charge in [0.25, 0.3) is 0 Å². The summed E-state index contributed by atoms with van der Waals surface area (Å²) in [6.07, 6.45) is 3.97. The van der Waals surface area contributed by atoms with Crippen molar-refractivity contribution in [1.29, 1.82) is 0 Å². The van der Waals surface area contributed by atoms with Gasteiger partial charge < -0.3 is 0 Å². The van der Waals surface area contributed by atoms with Crippen LogP contribution in [0, 0.1) is 11.3 Å². The second-order valence-corrected chi connectivity index (χ2v) is 11.5. The van der Waals surface area contributed by atoms with Crippen LogP contribution in [-0.4, -0.2) is 71.1 Å². The van der Waals surface area contributed by atoms with E-state index in [2.05, 4.69) is 77.0 Å². The maximum Gasteiger partial charge on any atom is 0.0171 e. The van der Waals surface area contributed by atoms with Crippen LogP contribution >= 0.6 is 0 Å². The molecule has 2 heterocycles. The lowest BCUT2D eigenvalue weighted by atomic mass is 9.74. The van der Waals surface area contributed by atoms with Gasteiger partial charge in [-0.05, 0) is 85.2 Å². The van der Waals surface area contributed by atoms with Gasteiger partial charge in [-0.15, -0.1) is 0 Å². The zero-order valence-corrected chi connectivity index (χ0v) is 19.4. The number of nitrogens with zero attached hydrogens (tertiary/aromatic N) is 3. The maximum absolute atomic E-state index is 2.78. The van der Waals surface area contributed by atoms with Crippen LogP contribution < -0.4 is 0 Å². The predicted octanol–water partition coefficient (Wildman–Crippen LogP) is 4.72. The Morgan fingerprint density at radius 3 is 1.50 bits per heavy atom. The number of piperidine rings is 1. The minimum Gasteiger partial charge on any atom is -0.298 e. The van der Waals surface area contributed by atoms with Crippen LogP contribution in [0.3, 0.4) is 0 Å². The molecule has 0 unspecified atom stereocenters. The Balaban J connectivity index is 1.91. The molecular formula is C23H47N3. The molecule has 0 N–H and O–H groups in total. The van der Waals surface area contributed by atoms with E-state index in [1.165, 1.54) is 58.5 Å². The fourth-order valence-corrected chi connectivity index (χ4v) is 5.48. The van der Waals surface area contributed by atoms with E-state index < -0.39 is 0 Å². The Morgan fingerprint density at radius 2 is 1.12 bits per heavy atom. The van der Waals surface area contributed by atoms with E-state index in [9.17, 15) is 0 Å². The molecule has 0 aromatic carbocycles. The van der Waals surface area contributed by atoms with Gasteiger partial charge in [0.2, 0.25) is 0 Å². The Bertz CT molecular complexity index is 431. The largest absolute Gasteiger partial charge is 0.298 e. The summed E-state index contributed by atoms with van der Waals surface area (Å²) in [6.45, 7) is 29.2. The molecule has 26 heavy (non-hydrogen) atoms. The standard InChI is InChI=1S/C23H47N3/c1-19(2)24-14-16-26(17-15-24)23(8,9)18-22(6,7)25-12-10-20(11-13-25)21(3,4)5/h19-20H,10-18H2,1-9H3. The average molecular weight is 366 g/mol. The molecule has 3 nitrogen and oxygen atoms in total. The summed E-state index contributed by atoms with van der Waals surface area (Å²) in [7, 11) is 0. The van der Waals surface area contributed by atoms with Gasteiger partial charge in [0.15, 0.2) is 0 Å². The molecule has 0 saturated carbocycles. The fraction of sp³-hybridized carbons (Fsp3) is 1.00. The van der Waals surface area contributed by atoms with Gasteiger partial charge in [-0.1, -0.05) is 20.8 Å². The molecule has 0 atom stereocenters. The second-order valence-electron chi connectivity index (χ2n) is 11.5. The number of rotatable bonds is 5. The van der Waals surface area contributed by atoms with Crippen molar-refractivity contribution >= 4 is 0 Å². The molecule has 2 aliphatic rings. The smallest absolute Gasteiger partial charge is 0.0171 e. The minimum atomic E-state index is 0.271. The molecule has 2 rings (SSSR count). The van der Waals surface area contributed by atoms with Crippen LogP contribution in [0.4, 0.5) is 0 Å². The van der Waals surface area contributed by atoms with Gasteiger partial charge in [-0.25, -0.2) is 0 Å². The summed E-state index contributed by atoms with van der Waals surface area (Å²) >= 11 is 0. The van der Waals surface area contributed by atoms with Crippen molar-refractivity contribution in [3.05, 3.63) is 0 Å². The summed E-state index contributed by atoms with van der Waals surface area (Å²) < 4.78 is 0. The molecule has 0 aromatic rings. The minimum absolute atomic E-state index is 0.271. The second kappa shape index (κ2) is 8.09. The molecule has 2 fully saturated rings. The predicted molar refractivity (Wildman–Crippen MR) is 115 cm³/mol. The van der Waals surface area contributed by atoms with Crippen LogP contribution in [0.15, 0.2) is 0 Å². The molecule has 3 heteroatoms. The topological polar surface area (TPSA) is 9.72 Å². The first-order valence-corrected chi connectivity index (χ1v) is 11.1. The van der Waals surface area contributed by atoms with Crippen molar-refractivity contribution in [3.63, 3.8) is 0 Å². The van der Waals surface area contributed by atoms with Gasteiger partial charge in [-0.3, -0.25) is 14.7 Å². The molecule has 0 aliphatic carbocycles. The monoisotopic (exact) mass is 365 g/mol. The van der Waals surface area contributed by atoms with Crippen molar-refractivity contribution in [2.75, 3.05) is 39.3 Å². The number of likely N-dealkylation sites (tertiary alicyclic amines) is 1. The number of hydrogen-bond donors (Lipinski definition) is 0. The number of piperazine rings is 1. The Morgan fingerprint density at radius 1 is 0.692 bits per heavy atom. The van der Waals surface area contributed by atoms with Crippen molar-refractivity contribution in [3.8, 4) is 0 Å². The SMILES string of the molecule is CC(C)N1CCN(C(C)(C)CC(C)(C)N2CCC(C(C)(C)C)CC2)CC1. The zero-order chi connectivity index (χ0) is 19.8. The van der Waals surface area contributed by atoms with Crippen LogP contribution in [0.2, 0.25) is 0 Å². The zero-order valence-electron chi connectivity index (χ0n) is 19.4. The Labute approximate surface area is 164 Å². The molecule has 0 spiro atoms. The quantitative estimate of drug-likeness (QED) is 0.698. The highest BCUT2D eigenvalue weighted by Crippen LogP contribution is 2.38. The van der Waals surface area contributed by atoms with E-state index in [1.807, 2.05) is 0 Å². The molecule has 154 valence electrons. The van der Waals surface area contributed by atoms with E-state index in [0.29, 0.717) is 11.5 Å². The van der Waals surface area contributed by atoms with Crippen molar-refractivity contribution < 1.29 is 0 Å². The van der Waals surface area contributed by atoms with Crippen molar-refractivity contribution in [2.45, 2.75) is 98.7 Å². The summed E-state index contributed by atoms with van der Waals surface area (Å²) in [4.78, 5) is 8.14. The highest BCUT2D eigenvalue weighted by atomic mass is 15.3. The molecular weight excluding hydrogens is 318 g/mol. The molecule has 0 amide bonds. The lowest BCUT2D eigenvalue weighted by molar-refractivity contribution is -0.0173. The molecule has 0 radical (unpaired) electrons. The fourth-order valence-electron chi connectivity index (χ4n) is 5.48. The Hall–Kier alpha value is -0.120. The van der Waals surface area contributed by atoms with E-state index in [-0.39, 0.29) is 11.1 Å². The summed E-state index contributed by atoms with van der Waals surface area (Å²) in [5.74, 6) is 0.881. The summed E-state index contributed by atoms with van der Waals surface area (Å²) in [5, 5.41) is 0. The van der Waals surface area contributed by atoms with Crippen LogP contribution in [0.25, 0.3) is 0 Å². The third-order valence-electron chi connectivity index (χ3n) is 7.34. The van der Waals surface area contributed by atoms with Gasteiger partial charge >= 0.3 is 0 Å². The first-order chi connectivity index (χ1) is 11.8. The molecule has 0 aromatic heterocycles. The number of hydrogen-bond acceptors (Lipinski definition) is 3. The Kier molecular flexibility index (Phi) is 6.90. The van der Waals surface area contributed by atoms with Crippen molar-refractivity contribution in [2.24, 2.45) is 11.3 Å². The normalized spacial score (nSPS) is 23.8. The average Bonchev–Trinajstić information content (AvgIpc) is 2.53. The first-order valence-electron chi connectivity index (χ1n) is 11.1.